The van der Waals surface area contributed by atoms with Crippen LogP contribution in [0.4, 0.5) is 17.5 Å². The molecule has 2 aromatic carbocycles. The lowest BCUT2D eigenvalue weighted by atomic mass is 9.95. The summed E-state index contributed by atoms with van der Waals surface area (Å²) in [6.45, 7) is 2.07. The van der Waals surface area contributed by atoms with Gasteiger partial charge in [-0.3, -0.25) is 0 Å². The van der Waals surface area contributed by atoms with Gasteiger partial charge in [0.15, 0.2) is 0 Å². The lowest BCUT2D eigenvalue weighted by Gasteiger charge is -2.24. The fourth-order valence-corrected chi connectivity index (χ4v) is 3.78. The third-order valence-electron chi connectivity index (χ3n) is 5.18. The second-order valence-electron chi connectivity index (χ2n) is 7.23. The van der Waals surface area contributed by atoms with Crippen molar-refractivity contribution in [3.8, 4) is 11.1 Å². The first-order valence-corrected chi connectivity index (χ1v) is 9.30. The number of rotatable bonds is 3. The summed E-state index contributed by atoms with van der Waals surface area (Å²) in [6, 6.07) is 12.7. The molecule has 1 aliphatic carbocycles. The number of anilines is 3. The number of nitrogens with two attached hydrogens (primary N) is 2. The Kier molecular flexibility index (Phi) is 4.37. The van der Waals surface area contributed by atoms with E-state index in [-0.39, 0.29) is 0 Å². The van der Waals surface area contributed by atoms with Crippen molar-refractivity contribution in [1.82, 2.24) is 9.97 Å². The van der Waals surface area contributed by atoms with E-state index in [0.717, 1.165) is 33.5 Å². The lowest BCUT2D eigenvalue weighted by molar-refractivity contribution is 0.462. The highest BCUT2D eigenvalue weighted by molar-refractivity contribution is 5.94. The molecule has 0 amide bonds. The Morgan fingerprint density at radius 1 is 0.962 bits per heavy atom. The van der Waals surface area contributed by atoms with Crippen LogP contribution in [-0.2, 0) is 0 Å². The molecule has 26 heavy (non-hydrogen) atoms. The van der Waals surface area contributed by atoms with Crippen molar-refractivity contribution in [3.63, 3.8) is 0 Å². The van der Waals surface area contributed by atoms with Crippen molar-refractivity contribution in [2.75, 3.05) is 16.8 Å². The van der Waals surface area contributed by atoms with Crippen LogP contribution in [0.15, 0.2) is 36.4 Å². The van der Waals surface area contributed by atoms with Gasteiger partial charge in [0.1, 0.15) is 5.82 Å². The van der Waals surface area contributed by atoms with Crippen LogP contribution >= 0.6 is 0 Å². The molecule has 1 aliphatic rings. The van der Waals surface area contributed by atoms with Crippen LogP contribution in [-0.4, -0.2) is 16.0 Å². The van der Waals surface area contributed by atoms with Crippen LogP contribution in [0.2, 0.25) is 0 Å². The van der Waals surface area contributed by atoms with E-state index in [1.807, 2.05) is 24.3 Å². The Hall–Kier alpha value is -2.82. The molecule has 0 unspecified atom stereocenters. The second kappa shape index (κ2) is 6.83. The van der Waals surface area contributed by atoms with Gasteiger partial charge in [0.25, 0.3) is 0 Å². The molecule has 0 atom stereocenters. The number of aromatic nitrogens is 2. The average molecular weight is 347 g/mol. The molecule has 0 aliphatic heterocycles. The number of hydrogen-bond donors (Lipinski definition) is 3. The largest absolute Gasteiger partial charge is 0.398 e. The molecule has 1 fully saturated rings. The smallest absolute Gasteiger partial charge is 0.222 e. The molecular formula is C21H25N5. The van der Waals surface area contributed by atoms with Gasteiger partial charge in [-0.05, 0) is 49.6 Å². The molecule has 0 bridgehead atoms. The van der Waals surface area contributed by atoms with E-state index < -0.39 is 0 Å². The SMILES string of the molecule is Cc1ccc(N)c(-c2ccc3nc(N)nc(NC4CCCCC4)c3c2)c1. The number of benzene rings is 2. The quantitative estimate of drug-likeness (QED) is 0.606. The normalized spacial score (nSPS) is 15.3. The predicted octanol–water partition coefficient (Wildman–Crippen LogP) is 4.51. The van der Waals surface area contributed by atoms with Gasteiger partial charge >= 0.3 is 0 Å². The van der Waals surface area contributed by atoms with Crippen LogP contribution in [0.5, 0.6) is 0 Å². The molecule has 5 heteroatoms. The van der Waals surface area contributed by atoms with Crippen molar-refractivity contribution in [1.29, 1.82) is 0 Å². The van der Waals surface area contributed by atoms with Crippen LogP contribution in [0, 0.1) is 6.92 Å². The summed E-state index contributed by atoms with van der Waals surface area (Å²) in [6.07, 6.45) is 6.20. The maximum Gasteiger partial charge on any atom is 0.222 e. The van der Waals surface area contributed by atoms with Gasteiger partial charge in [-0.15, -0.1) is 0 Å². The van der Waals surface area contributed by atoms with Crippen molar-refractivity contribution >= 4 is 28.4 Å². The molecule has 5 nitrogen and oxygen atoms in total. The zero-order chi connectivity index (χ0) is 18.1. The maximum atomic E-state index is 6.21. The third-order valence-corrected chi connectivity index (χ3v) is 5.18. The first-order chi connectivity index (χ1) is 12.6. The number of fused-ring (bicyclic) bond motifs is 1. The zero-order valence-electron chi connectivity index (χ0n) is 15.1. The summed E-state index contributed by atoms with van der Waals surface area (Å²) in [5.74, 6) is 1.13. The molecule has 0 spiro atoms. The topological polar surface area (TPSA) is 89.8 Å². The monoisotopic (exact) mass is 347 g/mol. The van der Waals surface area contributed by atoms with Crippen LogP contribution in [0.25, 0.3) is 22.0 Å². The van der Waals surface area contributed by atoms with Crippen molar-refractivity contribution in [3.05, 3.63) is 42.0 Å². The van der Waals surface area contributed by atoms with Crippen molar-refractivity contribution in [2.45, 2.75) is 45.1 Å². The Labute approximate surface area is 153 Å². The highest BCUT2D eigenvalue weighted by atomic mass is 15.1. The Bertz CT molecular complexity index is 945. The zero-order valence-corrected chi connectivity index (χ0v) is 15.1. The summed E-state index contributed by atoms with van der Waals surface area (Å²) in [7, 11) is 0. The minimum absolute atomic E-state index is 0.304. The van der Waals surface area contributed by atoms with E-state index in [9.17, 15) is 0 Å². The molecule has 3 aromatic rings. The van der Waals surface area contributed by atoms with Gasteiger partial charge < -0.3 is 16.8 Å². The first kappa shape index (κ1) is 16.6. The van der Waals surface area contributed by atoms with E-state index in [4.69, 9.17) is 11.5 Å². The number of hydrogen-bond acceptors (Lipinski definition) is 5. The van der Waals surface area contributed by atoms with Crippen molar-refractivity contribution < 1.29 is 0 Å². The van der Waals surface area contributed by atoms with Gasteiger partial charge in [0.05, 0.1) is 5.52 Å². The molecule has 0 radical (unpaired) electrons. The fraction of sp³-hybridized carbons (Fsp3) is 0.333. The fourth-order valence-electron chi connectivity index (χ4n) is 3.78. The summed E-state index contributed by atoms with van der Waals surface area (Å²) in [4.78, 5) is 8.89. The minimum Gasteiger partial charge on any atom is -0.398 e. The number of nitrogens with one attached hydrogen (secondary N) is 1. The summed E-state index contributed by atoms with van der Waals surface area (Å²) in [5, 5.41) is 4.60. The Morgan fingerprint density at radius 2 is 1.77 bits per heavy atom. The molecule has 134 valence electrons. The number of aryl methyl sites for hydroxylation is 1. The highest BCUT2D eigenvalue weighted by Crippen LogP contribution is 2.32. The van der Waals surface area contributed by atoms with Crippen molar-refractivity contribution in [2.24, 2.45) is 0 Å². The third kappa shape index (κ3) is 3.29. The van der Waals surface area contributed by atoms with E-state index in [1.165, 1.54) is 37.7 Å². The Morgan fingerprint density at radius 3 is 2.58 bits per heavy atom. The predicted molar refractivity (Wildman–Crippen MR) is 109 cm³/mol. The number of nitrogens with zero attached hydrogens (tertiary/aromatic N) is 2. The molecule has 4 rings (SSSR count). The van der Waals surface area contributed by atoms with Gasteiger partial charge in [-0.1, -0.05) is 37.0 Å². The minimum atomic E-state index is 0.304. The van der Waals surface area contributed by atoms with E-state index in [2.05, 4.69) is 34.3 Å². The summed E-state index contributed by atoms with van der Waals surface area (Å²) < 4.78 is 0. The molecule has 1 aromatic heterocycles. The van der Waals surface area contributed by atoms with Crippen LogP contribution < -0.4 is 16.8 Å². The average Bonchev–Trinajstić information content (AvgIpc) is 2.64. The van der Waals surface area contributed by atoms with Gasteiger partial charge in [-0.2, -0.15) is 4.98 Å². The Balaban J connectivity index is 1.79. The van der Waals surface area contributed by atoms with E-state index in [1.54, 1.807) is 0 Å². The second-order valence-corrected chi connectivity index (χ2v) is 7.23. The summed E-state index contributed by atoms with van der Waals surface area (Å²) >= 11 is 0. The number of nitrogen functional groups attached to an aromatic ring is 2. The van der Waals surface area contributed by atoms with Gasteiger partial charge in [-0.25, -0.2) is 4.98 Å². The van der Waals surface area contributed by atoms with Crippen LogP contribution in [0.3, 0.4) is 0 Å². The van der Waals surface area contributed by atoms with Gasteiger partial charge in [0.2, 0.25) is 5.95 Å². The highest BCUT2D eigenvalue weighted by Gasteiger charge is 2.16. The van der Waals surface area contributed by atoms with Gasteiger partial charge in [0, 0.05) is 22.7 Å². The van der Waals surface area contributed by atoms with Crippen LogP contribution in [0.1, 0.15) is 37.7 Å². The molecule has 0 saturated heterocycles. The first-order valence-electron chi connectivity index (χ1n) is 9.30. The van der Waals surface area contributed by atoms with E-state index in [0.29, 0.717) is 12.0 Å². The molecule has 1 saturated carbocycles. The molecule has 1 heterocycles. The molecular weight excluding hydrogens is 322 g/mol. The summed E-state index contributed by atoms with van der Waals surface area (Å²) in [5.41, 5.74) is 17.1. The standard InChI is InChI=1S/C21H25N5/c1-13-7-9-18(22)16(11-13)14-8-10-19-17(12-14)20(26-21(23)25-19)24-15-5-3-2-4-6-15/h7-12,15H,2-6,22H2,1H3,(H3,23,24,25,26). The van der Waals surface area contributed by atoms with E-state index >= 15 is 0 Å². The molecule has 5 N–H and O–H groups in total. The lowest BCUT2D eigenvalue weighted by Crippen LogP contribution is -2.23. The maximum absolute atomic E-state index is 6.21.